The van der Waals surface area contributed by atoms with Gasteiger partial charge in [-0.2, -0.15) is 5.26 Å². The maximum Gasteiger partial charge on any atom is 0.269 e. The van der Waals surface area contributed by atoms with Gasteiger partial charge < -0.3 is 9.29 Å². The van der Waals surface area contributed by atoms with Crippen LogP contribution >= 0.6 is 11.8 Å². The molecule has 1 aliphatic heterocycles. The van der Waals surface area contributed by atoms with E-state index < -0.39 is 37.1 Å². The zero-order valence-corrected chi connectivity index (χ0v) is 17.9. The molecular weight excluding hydrogens is 405 g/mol. The van der Waals surface area contributed by atoms with Crippen LogP contribution in [0.4, 0.5) is 10.1 Å². The van der Waals surface area contributed by atoms with Gasteiger partial charge in [-0.3, -0.25) is 10.1 Å². The van der Waals surface area contributed by atoms with Crippen LogP contribution in [0.15, 0.2) is 18.2 Å². The molecule has 1 heterocycles. The van der Waals surface area contributed by atoms with Crippen molar-refractivity contribution < 1.29 is 18.6 Å². The topological polar surface area (TPSA) is 111 Å². The van der Waals surface area contributed by atoms with E-state index in [1.165, 1.54) is 11.8 Å². The van der Waals surface area contributed by atoms with Crippen LogP contribution in [0, 0.1) is 27.3 Å². The molecule has 0 aromatic heterocycles. The predicted molar refractivity (Wildman–Crippen MR) is 108 cm³/mol. The molecular formula is C18H24FN3O4S2. The first-order valence-corrected chi connectivity index (χ1v) is 10.8. The number of benzene rings is 1. The molecule has 1 aliphatic rings. The summed E-state index contributed by atoms with van der Waals surface area (Å²) in [6.45, 7) is 7.68. The zero-order valence-electron chi connectivity index (χ0n) is 16.3. The smallest absolute Gasteiger partial charge is 0.269 e. The molecule has 1 N–H and O–H groups in total. The normalized spacial score (nSPS) is 23.0. The largest absolute Gasteiger partial charge is 0.598 e. The van der Waals surface area contributed by atoms with Crippen molar-refractivity contribution in [3.05, 3.63) is 39.7 Å². The van der Waals surface area contributed by atoms with Crippen molar-refractivity contribution in [1.82, 2.24) is 4.72 Å². The van der Waals surface area contributed by atoms with Crippen LogP contribution in [0.25, 0.3) is 0 Å². The van der Waals surface area contributed by atoms with Crippen molar-refractivity contribution >= 4 is 28.8 Å². The van der Waals surface area contributed by atoms with Gasteiger partial charge in [-0.15, -0.1) is 16.5 Å². The van der Waals surface area contributed by atoms with Crippen molar-refractivity contribution in [3.8, 4) is 6.07 Å². The van der Waals surface area contributed by atoms with Gasteiger partial charge in [0.15, 0.2) is 0 Å². The number of nitrogens with one attached hydrogen (secondary N) is 1. The first kappa shape index (κ1) is 22.9. The summed E-state index contributed by atoms with van der Waals surface area (Å²) in [7, 11) is 0. The Morgan fingerprint density at radius 3 is 2.64 bits per heavy atom. The second kappa shape index (κ2) is 8.55. The number of hydrogen-bond acceptors (Lipinski definition) is 7. The van der Waals surface area contributed by atoms with E-state index in [9.17, 15) is 24.3 Å². The second-order valence-corrected chi connectivity index (χ2v) is 11.3. The minimum Gasteiger partial charge on any atom is -0.598 e. The Morgan fingerprint density at radius 1 is 1.46 bits per heavy atom. The Balaban J connectivity index is 2.43. The summed E-state index contributed by atoms with van der Waals surface area (Å²) in [6, 6.07) is 5.55. The van der Waals surface area contributed by atoms with E-state index in [0.29, 0.717) is 13.0 Å². The van der Waals surface area contributed by atoms with E-state index in [4.69, 9.17) is 4.74 Å². The number of hydrogen-bond donors (Lipinski definition) is 1. The van der Waals surface area contributed by atoms with Crippen molar-refractivity contribution in [2.45, 2.75) is 49.1 Å². The molecule has 0 spiro atoms. The van der Waals surface area contributed by atoms with Crippen LogP contribution in [0.2, 0.25) is 0 Å². The molecule has 0 aliphatic carbocycles. The Bertz CT molecular complexity index is 775. The molecule has 154 valence electrons. The fourth-order valence-electron chi connectivity index (χ4n) is 2.63. The molecule has 0 radical (unpaired) electrons. The highest BCUT2D eigenvalue weighted by Gasteiger charge is 2.43. The minimum absolute atomic E-state index is 0.0406. The van der Waals surface area contributed by atoms with Gasteiger partial charge in [-0.05, 0) is 33.8 Å². The molecule has 3 atom stereocenters. The van der Waals surface area contributed by atoms with E-state index in [2.05, 4.69) is 10.8 Å². The van der Waals surface area contributed by atoms with Gasteiger partial charge in [-0.25, -0.2) is 4.39 Å². The number of nitriles is 1. The number of ether oxygens (including phenoxy) is 1. The fraction of sp³-hybridized carbons (Fsp3) is 0.611. The fourth-order valence-corrected chi connectivity index (χ4v) is 4.87. The van der Waals surface area contributed by atoms with E-state index >= 15 is 0 Å². The van der Waals surface area contributed by atoms with Gasteiger partial charge >= 0.3 is 0 Å². The van der Waals surface area contributed by atoms with Crippen molar-refractivity contribution in [1.29, 1.82) is 5.26 Å². The van der Waals surface area contributed by atoms with Crippen LogP contribution in [0.3, 0.4) is 0 Å². The Morgan fingerprint density at radius 2 is 2.14 bits per heavy atom. The highest BCUT2D eigenvalue weighted by atomic mass is 32.2. The monoisotopic (exact) mass is 429 g/mol. The van der Waals surface area contributed by atoms with E-state index in [1.807, 2.05) is 0 Å². The van der Waals surface area contributed by atoms with Gasteiger partial charge in [0.1, 0.15) is 15.3 Å². The lowest BCUT2D eigenvalue weighted by atomic mass is 9.94. The lowest BCUT2D eigenvalue weighted by Gasteiger charge is -2.36. The lowest BCUT2D eigenvalue weighted by molar-refractivity contribution is -0.385. The Kier molecular flexibility index (Phi) is 6.99. The molecule has 2 rings (SSSR count). The maximum absolute atomic E-state index is 14.7. The third-order valence-corrected chi connectivity index (χ3v) is 7.89. The molecule has 28 heavy (non-hydrogen) atoms. The van der Waals surface area contributed by atoms with E-state index in [-0.39, 0.29) is 23.6 Å². The Labute approximate surface area is 171 Å². The first-order valence-electron chi connectivity index (χ1n) is 8.70. The summed E-state index contributed by atoms with van der Waals surface area (Å²) in [5, 5.41) is 20.7. The molecule has 0 saturated carbocycles. The molecule has 1 aromatic rings. The number of halogens is 1. The molecule has 0 unspecified atom stereocenters. The van der Waals surface area contributed by atoms with Crippen LogP contribution in [-0.2, 0) is 21.6 Å². The van der Waals surface area contributed by atoms with Gasteiger partial charge in [0.25, 0.3) is 5.69 Å². The average Bonchev–Trinajstić information content (AvgIpc) is 3.09. The van der Waals surface area contributed by atoms with Crippen LogP contribution in [-0.4, -0.2) is 37.9 Å². The van der Waals surface area contributed by atoms with Gasteiger partial charge in [-0.1, -0.05) is 0 Å². The zero-order chi connectivity index (χ0) is 21.2. The highest BCUT2D eigenvalue weighted by Crippen LogP contribution is 2.40. The lowest BCUT2D eigenvalue weighted by Crippen LogP contribution is -2.52. The van der Waals surface area contributed by atoms with E-state index in [0.717, 1.165) is 18.2 Å². The maximum atomic E-state index is 14.7. The molecule has 1 fully saturated rings. The number of nitrogens with zero attached hydrogens (tertiary/aromatic N) is 2. The van der Waals surface area contributed by atoms with Crippen molar-refractivity contribution in [2.75, 3.05) is 19.0 Å². The summed E-state index contributed by atoms with van der Waals surface area (Å²) in [5.74, 6) is -0.454. The summed E-state index contributed by atoms with van der Waals surface area (Å²) in [6.07, 6.45) is 0.532. The first-order chi connectivity index (χ1) is 12.9. The van der Waals surface area contributed by atoms with Gasteiger partial charge in [0.05, 0.1) is 23.1 Å². The highest BCUT2D eigenvalue weighted by molar-refractivity contribution is 8.01. The van der Waals surface area contributed by atoms with Crippen LogP contribution in [0.1, 0.15) is 39.7 Å². The standard InChI is InChI=1S/C18H24FN3O4S2/c1-16(2,3)28(25)21-17(4,12-27-18(10-20)7-8-26-11-18)14-9-13(22(23)24)5-6-15(14)19/h5-6,9,21H,7-8,11-12H2,1-4H3/t17-,18-,28+/m0/s1. The summed E-state index contributed by atoms with van der Waals surface area (Å²) < 4.78 is 34.4. The molecule has 7 nitrogen and oxygen atoms in total. The Hall–Kier alpha value is -1.38. The number of thioether (sulfide) groups is 1. The summed E-state index contributed by atoms with van der Waals surface area (Å²) in [5.41, 5.74) is -1.42. The average molecular weight is 430 g/mol. The molecule has 1 saturated heterocycles. The third kappa shape index (κ3) is 5.15. The van der Waals surface area contributed by atoms with Crippen LogP contribution in [0.5, 0.6) is 0 Å². The number of nitro groups is 1. The van der Waals surface area contributed by atoms with Gasteiger partial charge in [0.2, 0.25) is 0 Å². The summed E-state index contributed by atoms with van der Waals surface area (Å²) in [4.78, 5) is 10.6. The SMILES string of the molecule is CC(C)(C)[S@@+]([O-])N[C@@](C)(CS[C@]1(C#N)CCOC1)c1cc([N+](=O)[O-])ccc1F. The second-order valence-electron chi connectivity index (χ2n) is 7.93. The molecule has 10 heteroatoms. The van der Waals surface area contributed by atoms with Crippen molar-refractivity contribution in [3.63, 3.8) is 0 Å². The quantitative estimate of drug-likeness (QED) is 0.401. The predicted octanol–water partition coefficient (Wildman–Crippen LogP) is 3.42. The van der Waals surface area contributed by atoms with Gasteiger partial charge in [0, 0.05) is 47.8 Å². The number of rotatable bonds is 7. The van der Waals surface area contributed by atoms with Crippen LogP contribution < -0.4 is 4.72 Å². The summed E-state index contributed by atoms with van der Waals surface area (Å²) >= 11 is -0.276. The number of nitro benzene ring substituents is 1. The van der Waals surface area contributed by atoms with E-state index in [1.54, 1.807) is 27.7 Å². The molecule has 1 aromatic carbocycles. The molecule has 0 amide bonds. The minimum atomic E-state index is -1.57. The van der Waals surface area contributed by atoms with Crippen molar-refractivity contribution in [2.24, 2.45) is 0 Å². The number of non-ortho nitro benzene ring substituents is 1. The third-order valence-electron chi connectivity index (χ3n) is 4.46. The molecule has 0 bridgehead atoms.